The van der Waals surface area contributed by atoms with E-state index >= 15 is 0 Å². The van der Waals surface area contributed by atoms with Crippen LogP contribution in [0.15, 0.2) is 41.1 Å². The molecule has 0 unspecified atom stereocenters. The Kier molecular flexibility index (Phi) is 4.92. The molecule has 0 bridgehead atoms. The second kappa shape index (κ2) is 6.67. The van der Waals surface area contributed by atoms with Gasteiger partial charge in [0.25, 0.3) is 0 Å². The molecule has 0 saturated carbocycles. The fourth-order valence-electron chi connectivity index (χ4n) is 1.90. The first-order valence-electron chi connectivity index (χ1n) is 6.24. The van der Waals surface area contributed by atoms with Crippen LogP contribution in [-0.4, -0.2) is 34.2 Å². The molecule has 106 valence electrons. The number of aryl methyl sites for hydroxylation is 1. The summed E-state index contributed by atoms with van der Waals surface area (Å²) in [6.45, 7) is 1.03. The molecule has 0 fully saturated rings. The minimum Gasteiger partial charge on any atom is -0.325 e. The zero-order chi connectivity index (χ0) is 14.5. The summed E-state index contributed by atoms with van der Waals surface area (Å²) in [5.41, 5.74) is 1.89. The molecule has 6 heteroatoms. The summed E-state index contributed by atoms with van der Waals surface area (Å²) in [4.78, 5) is 13.9. The van der Waals surface area contributed by atoms with Gasteiger partial charge >= 0.3 is 0 Å². The van der Waals surface area contributed by atoms with E-state index < -0.39 is 0 Å². The van der Waals surface area contributed by atoms with Crippen LogP contribution in [0.4, 0.5) is 5.69 Å². The van der Waals surface area contributed by atoms with E-state index in [4.69, 9.17) is 0 Å². The van der Waals surface area contributed by atoms with Gasteiger partial charge in [-0.2, -0.15) is 5.10 Å². The van der Waals surface area contributed by atoms with E-state index in [0.29, 0.717) is 13.1 Å². The molecule has 1 amide bonds. The highest BCUT2D eigenvalue weighted by Crippen LogP contribution is 2.14. The summed E-state index contributed by atoms with van der Waals surface area (Å²) in [6.07, 6.45) is 3.76. The molecule has 0 aliphatic rings. The van der Waals surface area contributed by atoms with Crippen LogP contribution in [0.3, 0.4) is 0 Å². The fourth-order valence-corrected chi connectivity index (χ4v) is 2.16. The second-order valence-electron chi connectivity index (χ2n) is 4.75. The van der Waals surface area contributed by atoms with Crippen molar-refractivity contribution in [2.24, 2.45) is 7.05 Å². The van der Waals surface area contributed by atoms with Gasteiger partial charge in [-0.1, -0.05) is 15.9 Å². The lowest BCUT2D eigenvalue weighted by molar-refractivity contribution is -0.117. The van der Waals surface area contributed by atoms with Gasteiger partial charge in [0, 0.05) is 35.5 Å². The SMILES string of the molecule is CN(CC(=O)Nc1ccc(Br)cc1)Cc1cnn(C)c1. The number of benzene rings is 1. The van der Waals surface area contributed by atoms with Gasteiger partial charge in [0.05, 0.1) is 12.7 Å². The first-order chi connectivity index (χ1) is 9.52. The number of hydrogen-bond acceptors (Lipinski definition) is 3. The quantitative estimate of drug-likeness (QED) is 0.911. The van der Waals surface area contributed by atoms with Crippen LogP contribution in [0.2, 0.25) is 0 Å². The van der Waals surface area contributed by atoms with Crippen LogP contribution in [0.5, 0.6) is 0 Å². The summed E-state index contributed by atoms with van der Waals surface area (Å²) in [7, 11) is 3.79. The number of amides is 1. The van der Waals surface area contributed by atoms with Gasteiger partial charge in [-0.3, -0.25) is 14.4 Å². The van der Waals surface area contributed by atoms with Crippen molar-refractivity contribution in [1.82, 2.24) is 14.7 Å². The van der Waals surface area contributed by atoms with Gasteiger partial charge in [0.15, 0.2) is 0 Å². The maximum Gasteiger partial charge on any atom is 0.238 e. The molecule has 0 saturated heterocycles. The zero-order valence-electron chi connectivity index (χ0n) is 11.5. The molecule has 1 heterocycles. The third kappa shape index (κ3) is 4.47. The molecule has 1 aromatic heterocycles. The third-order valence-corrected chi connectivity index (χ3v) is 3.28. The van der Waals surface area contributed by atoms with Gasteiger partial charge < -0.3 is 5.32 Å². The molecule has 1 N–H and O–H groups in total. The summed E-state index contributed by atoms with van der Waals surface area (Å²) >= 11 is 3.36. The summed E-state index contributed by atoms with van der Waals surface area (Å²) in [5, 5.41) is 6.98. The molecule has 0 spiro atoms. The molecule has 0 aliphatic carbocycles. The van der Waals surface area contributed by atoms with Crippen molar-refractivity contribution in [3.63, 3.8) is 0 Å². The van der Waals surface area contributed by atoms with Crippen molar-refractivity contribution in [2.45, 2.75) is 6.54 Å². The van der Waals surface area contributed by atoms with Crippen molar-refractivity contribution < 1.29 is 4.79 Å². The molecule has 20 heavy (non-hydrogen) atoms. The highest BCUT2D eigenvalue weighted by atomic mass is 79.9. The summed E-state index contributed by atoms with van der Waals surface area (Å²) < 4.78 is 2.75. The number of hydrogen-bond donors (Lipinski definition) is 1. The number of nitrogens with one attached hydrogen (secondary N) is 1. The monoisotopic (exact) mass is 336 g/mol. The van der Waals surface area contributed by atoms with Crippen LogP contribution in [0.1, 0.15) is 5.56 Å². The molecule has 0 radical (unpaired) electrons. The van der Waals surface area contributed by atoms with E-state index in [9.17, 15) is 4.79 Å². The number of likely N-dealkylation sites (N-methyl/N-ethyl adjacent to an activating group) is 1. The standard InChI is InChI=1S/C14H17BrN4O/c1-18(8-11-7-16-19(2)9-11)10-14(20)17-13-5-3-12(15)4-6-13/h3-7,9H,8,10H2,1-2H3,(H,17,20). The van der Waals surface area contributed by atoms with Crippen LogP contribution in [0.25, 0.3) is 0 Å². The Hall–Kier alpha value is -1.66. The van der Waals surface area contributed by atoms with Crippen molar-refractivity contribution in [1.29, 1.82) is 0 Å². The number of carbonyl (C=O) groups excluding carboxylic acids is 1. The van der Waals surface area contributed by atoms with Gasteiger partial charge in [0.2, 0.25) is 5.91 Å². The molecule has 2 aromatic rings. The molecule has 2 rings (SSSR count). The molecule has 5 nitrogen and oxygen atoms in total. The lowest BCUT2D eigenvalue weighted by Gasteiger charge is -2.15. The maximum atomic E-state index is 11.9. The smallest absolute Gasteiger partial charge is 0.238 e. The van der Waals surface area contributed by atoms with E-state index in [-0.39, 0.29) is 5.91 Å². The number of halogens is 1. The first kappa shape index (κ1) is 14.7. The Morgan fingerprint density at radius 2 is 2.10 bits per heavy atom. The van der Waals surface area contributed by atoms with Crippen molar-refractivity contribution in [3.8, 4) is 0 Å². The van der Waals surface area contributed by atoms with E-state index in [2.05, 4.69) is 26.3 Å². The molecule has 1 aromatic carbocycles. The van der Waals surface area contributed by atoms with E-state index in [1.54, 1.807) is 4.68 Å². The Morgan fingerprint density at radius 3 is 2.70 bits per heavy atom. The predicted molar refractivity (Wildman–Crippen MR) is 82.3 cm³/mol. The highest BCUT2D eigenvalue weighted by Gasteiger charge is 2.08. The molecule has 0 aliphatic heterocycles. The fraction of sp³-hybridized carbons (Fsp3) is 0.286. The van der Waals surface area contributed by atoms with Gasteiger partial charge in [-0.25, -0.2) is 0 Å². The third-order valence-electron chi connectivity index (χ3n) is 2.75. The minimum absolute atomic E-state index is 0.0290. The van der Waals surface area contributed by atoms with Crippen molar-refractivity contribution in [3.05, 3.63) is 46.7 Å². The molecule has 0 atom stereocenters. The number of anilines is 1. The van der Waals surface area contributed by atoms with Gasteiger partial charge in [-0.15, -0.1) is 0 Å². The lowest BCUT2D eigenvalue weighted by Crippen LogP contribution is -2.29. The summed E-state index contributed by atoms with van der Waals surface area (Å²) in [6, 6.07) is 7.52. The minimum atomic E-state index is -0.0290. The maximum absolute atomic E-state index is 11.9. The van der Waals surface area contributed by atoms with E-state index in [1.165, 1.54) is 0 Å². The van der Waals surface area contributed by atoms with Gasteiger partial charge in [-0.05, 0) is 31.3 Å². The highest BCUT2D eigenvalue weighted by molar-refractivity contribution is 9.10. The molecular formula is C14H17BrN4O. The number of nitrogens with zero attached hydrogens (tertiary/aromatic N) is 3. The Bertz CT molecular complexity index is 579. The predicted octanol–water partition coefficient (Wildman–Crippen LogP) is 2.25. The van der Waals surface area contributed by atoms with Crippen LogP contribution >= 0.6 is 15.9 Å². The first-order valence-corrected chi connectivity index (χ1v) is 7.04. The normalized spacial score (nSPS) is 10.8. The topological polar surface area (TPSA) is 50.2 Å². The van der Waals surface area contributed by atoms with Crippen molar-refractivity contribution in [2.75, 3.05) is 18.9 Å². The van der Waals surface area contributed by atoms with E-state index in [0.717, 1.165) is 15.7 Å². The Balaban J connectivity index is 1.83. The Labute approximate surface area is 126 Å². The van der Waals surface area contributed by atoms with E-state index in [1.807, 2.05) is 55.7 Å². The van der Waals surface area contributed by atoms with Crippen LogP contribution in [0, 0.1) is 0 Å². The summed E-state index contributed by atoms with van der Waals surface area (Å²) in [5.74, 6) is -0.0290. The number of aromatic nitrogens is 2. The number of carbonyl (C=O) groups is 1. The largest absolute Gasteiger partial charge is 0.325 e. The van der Waals surface area contributed by atoms with Crippen LogP contribution < -0.4 is 5.32 Å². The lowest BCUT2D eigenvalue weighted by atomic mass is 10.3. The average molecular weight is 337 g/mol. The zero-order valence-corrected chi connectivity index (χ0v) is 13.1. The second-order valence-corrected chi connectivity index (χ2v) is 5.67. The van der Waals surface area contributed by atoms with Crippen LogP contribution in [-0.2, 0) is 18.4 Å². The van der Waals surface area contributed by atoms with Gasteiger partial charge in [0.1, 0.15) is 0 Å². The Morgan fingerprint density at radius 1 is 1.40 bits per heavy atom. The van der Waals surface area contributed by atoms with Crippen molar-refractivity contribution >= 4 is 27.5 Å². The average Bonchev–Trinajstić information content (AvgIpc) is 2.77. The number of rotatable bonds is 5. The molecular weight excluding hydrogens is 320 g/mol.